The number of hydrogen-bond donors (Lipinski definition) is 1. The van der Waals surface area contributed by atoms with Crippen LogP contribution in [0.25, 0.3) is 11.4 Å². The first-order chi connectivity index (χ1) is 14.7. The molecule has 0 saturated carbocycles. The minimum atomic E-state index is -0.00213. The van der Waals surface area contributed by atoms with Crippen molar-refractivity contribution in [1.82, 2.24) is 20.4 Å². The number of benzene rings is 1. The van der Waals surface area contributed by atoms with Gasteiger partial charge in [-0.1, -0.05) is 17.3 Å². The molecule has 2 amide bonds. The lowest BCUT2D eigenvalue weighted by atomic mass is 9.95. The standard InChI is InChI=1S/C22H26N4O3S/c1-28-19-6-4-16(5-7-19)8-10-23-22(27)26-11-2-3-17(14-26)13-20-24-21(25-29-20)18-9-12-30-15-18/h4-7,9,12,15,17H,2-3,8,10-11,13-14H2,1H3,(H,23,27). The molecule has 158 valence electrons. The number of ether oxygens (including phenoxy) is 1. The molecule has 0 bridgehead atoms. The summed E-state index contributed by atoms with van der Waals surface area (Å²) in [5.41, 5.74) is 2.15. The van der Waals surface area contributed by atoms with Gasteiger partial charge >= 0.3 is 6.03 Å². The van der Waals surface area contributed by atoms with E-state index in [9.17, 15) is 4.79 Å². The molecule has 1 aliphatic rings. The molecule has 3 heterocycles. The number of aromatic nitrogens is 2. The molecule has 7 nitrogen and oxygen atoms in total. The zero-order valence-corrected chi connectivity index (χ0v) is 17.9. The number of amides is 2. The van der Waals surface area contributed by atoms with E-state index >= 15 is 0 Å². The molecule has 30 heavy (non-hydrogen) atoms. The molecule has 1 aliphatic heterocycles. The summed E-state index contributed by atoms with van der Waals surface area (Å²) in [6.07, 6.45) is 3.54. The zero-order chi connectivity index (χ0) is 20.8. The van der Waals surface area contributed by atoms with Crippen molar-refractivity contribution in [3.05, 3.63) is 52.5 Å². The molecule has 4 rings (SSSR count). The number of methoxy groups -OCH3 is 1. The number of nitrogens with one attached hydrogen (secondary N) is 1. The van der Waals surface area contributed by atoms with Crippen LogP contribution in [0.4, 0.5) is 4.79 Å². The fraction of sp³-hybridized carbons (Fsp3) is 0.409. The first-order valence-electron chi connectivity index (χ1n) is 10.2. The van der Waals surface area contributed by atoms with Gasteiger partial charge in [-0.3, -0.25) is 0 Å². The van der Waals surface area contributed by atoms with Gasteiger partial charge < -0.3 is 19.5 Å². The van der Waals surface area contributed by atoms with E-state index in [2.05, 4.69) is 15.5 Å². The van der Waals surface area contributed by atoms with Crippen LogP contribution in [-0.4, -0.2) is 47.8 Å². The largest absolute Gasteiger partial charge is 0.497 e. The van der Waals surface area contributed by atoms with Crippen LogP contribution in [0.1, 0.15) is 24.3 Å². The Morgan fingerprint density at radius 1 is 1.33 bits per heavy atom. The van der Waals surface area contributed by atoms with Gasteiger partial charge in [-0.15, -0.1) is 0 Å². The second kappa shape index (κ2) is 9.75. The monoisotopic (exact) mass is 426 g/mol. The van der Waals surface area contributed by atoms with Gasteiger partial charge in [-0.25, -0.2) is 4.79 Å². The lowest BCUT2D eigenvalue weighted by molar-refractivity contribution is 0.162. The number of piperidine rings is 1. The van der Waals surface area contributed by atoms with E-state index in [-0.39, 0.29) is 6.03 Å². The molecule has 1 saturated heterocycles. The van der Waals surface area contributed by atoms with Crippen molar-refractivity contribution in [1.29, 1.82) is 0 Å². The van der Waals surface area contributed by atoms with Crippen molar-refractivity contribution < 1.29 is 14.1 Å². The fourth-order valence-electron chi connectivity index (χ4n) is 3.73. The average Bonchev–Trinajstić information content (AvgIpc) is 3.46. The molecule has 8 heteroatoms. The van der Waals surface area contributed by atoms with E-state index in [1.54, 1.807) is 18.4 Å². The van der Waals surface area contributed by atoms with Crippen LogP contribution in [0, 0.1) is 5.92 Å². The zero-order valence-electron chi connectivity index (χ0n) is 17.0. The van der Waals surface area contributed by atoms with Crippen molar-refractivity contribution >= 4 is 17.4 Å². The maximum Gasteiger partial charge on any atom is 0.317 e. The number of carbonyl (C=O) groups excluding carboxylic acids is 1. The Kier molecular flexibility index (Phi) is 6.63. The summed E-state index contributed by atoms with van der Waals surface area (Å²) in [5.74, 6) is 2.45. The Balaban J connectivity index is 1.24. The lowest BCUT2D eigenvalue weighted by Crippen LogP contribution is -2.46. The van der Waals surface area contributed by atoms with Crippen LogP contribution in [0.2, 0.25) is 0 Å². The molecule has 1 atom stereocenters. The van der Waals surface area contributed by atoms with Crippen LogP contribution >= 0.6 is 11.3 Å². The molecule has 1 fully saturated rings. The van der Waals surface area contributed by atoms with Gasteiger partial charge in [0.15, 0.2) is 0 Å². The second-order valence-electron chi connectivity index (χ2n) is 7.51. The molecular weight excluding hydrogens is 400 g/mol. The van der Waals surface area contributed by atoms with Gasteiger partial charge in [-0.05, 0) is 54.3 Å². The summed E-state index contributed by atoms with van der Waals surface area (Å²) in [7, 11) is 1.65. The predicted octanol–water partition coefficient (Wildman–Crippen LogP) is 4.01. The molecule has 1 N–H and O–H groups in total. The van der Waals surface area contributed by atoms with E-state index in [0.717, 1.165) is 37.1 Å². The summed E-state index contributed by atoms with van der Waals surface area (Å²) >= 11 is 1.61. The van der Waals surface area contributed by atoms with Crippen LogP contribution < -0.4 is 10.1 Å². The molecule has 1 unspecified atom stereocenters. The quantitative estimate of drug-likeness (QED) is 0.617. The first kappa shape index (κ1) is 20.4. The lowest BCUT2D eigenvalue weighted by Gasteiger charge is -2.32. The third-order valence-electron chi connectivity index (χ3n) is 5.37. The highest BCUT2D eigenvalue weighted by Crippen LogP contribution is 2.23. The van der Waals surface area contributed by atoms with Crippen LogP contribution in [0.15, 0.2) is 45.6 Å². The SMILES string of the molecule is COc1ccc(CCNC(=O)N2CCCC(Cc3nc(-c4ccsc4)no3)C2)cc1. The Hall–Kier alpha value is -2.87. The van der Waals surface area contributed by atoms with E-state index in [1.807, 2.05) is 46.0 Å². The predicted molar refractivity (Wildman–Crippen MR) is 116 cm³/mol. The first-order valence-corrected chi connectivity index (χ1v) is 11.2. The van der Waals surface area contributed by atoms with E-state index in [4.69, 9.17) is 9.26 Å². The summed E-state index contributed by atoms with van der Waals surface area (Å²) in [4.78, 5) is 19.0. The molecule has 0 aliphatic carbocycles. The highest BCUT2D eigenvalue weighted by atomic mass is 32.1. The topological polar surface area (TPSA) is 80.5 Å². The smallest absolute Gasteiger partial charge is 0.317 e. The second-order valence-corrected chi connectivity index (χ2v) is 8.29. The van der Waals surface area contributed by atoms with Crippen molar-refractivity contribution in [3.63, 3.8) is 0 Å². The fourth-order valence-corrected chi connectivity index (χ4v) is 4.36. The number of urea groups is 1. The Labute approximate surface area is 180 Å². The third kappa shape index (κ3) is 5.18. The number of carbonyl (C=O) groups is 1. The van der Waals surface area contributed by atoms with Crippen LogP contribution in [0.3, 0.4) is 0 Å². The highest BCUT2D eigenvalue weighted by Gasteiger charge is 2.25. The number of likely N-dealkylation sites (tertiary alicyclic amines) is 1. The molecule has 0 radical (unpaired) electrons. The van der Waals surface area contributed by atoms with E-state index < -0.39 is 0 Å². The average molecular weight is 427 g/mol. The van der Waals surface area contributed by atoms with Gasteiger partial charge in [0.25, 0.3) is 0 Å². The van der Waals surface area contributed by atoms with Crippen LogP contribution in [0.5, 0.6) is 5.75 Å². The Morgan fingerprint density at radius 3 is 2.97 bits per heavy atom. The summed E-state index contributed by atoms with van der Waals surface area (Å²) in [6.45, 7) is 2.11. The molecule has 3 aromatic rings. The van der Waals surface area contributed by atoms with Crippen molar-refractivity contribution in [2.45, 2.75) is 25.7 Å². The number of nitrogens with zero attached hydrogens (tertiary/aromatic N) is 3. The molecular formula is C22H26N4O3S. The van der Waals surface area contributed by atoms with Gasteiger partial charge in [0, 0.05) is 37.0 Å². The molecule has 0 spiro atoms. The van der Waals surface area contributed by atoms with Crippen molar-refractivity contribution in [2.75, 3.05) is 26.7 Å². The molecule has 2 aromatic heterocycles. The van der Waals surface area contributed by atoms with Gasteiger partial charge in [0.1, 0.15) is 5.75 Å². The van der Waals surface area contributed by atoms with Crippen molar-refractivity contribution in [3.8, 4) is 17.1 Å². The van der Waals surface area contributed by atoms with Gasteiger partial charge in [-0.2, -0.15) is 16.3 Å². The highest BCUT2D eigenvalue weighted by molar-refractivity contribution is 7.08. The number of hydrogen-bond acceptors (Lipinski definition) is 6. The maximum absolute atomic E-state index is 12.6. The molecule has 1 aromatic carbocycles. The third-order valence-corrected chi connectivity index (χ3v) is 6.05. The minimum absolute atomic E-state index is 0.00213. The number of rotatable bonds is 7. The maximum atomic E-state index is 12.6. The minimum Gasteiger partial charge on any atom is -0.497 e. The van der Waals surface area contributed by atoms with Crippen LogP contribution in [-0.2, 0) is 12.8 Å². The van der Waals surface area contributed by atoms with Gasteiger partial charge in [0.2, 0.25) is 11.7 Å². The Morgan fingerprint density at radius 2 is 2.20 bits per heavy atom. The summed E-state index contributed by atoms with van der Waals surface area (Å²) < 4.78 is 10.6. The Bertz CT molecular complexity index is 940. The summed E-state index contributed by atoms with van der Waals surface area (Å²) in [6, 6.07) is 9.91. The van der Waals surface area contributed by atoms with Gasteiger partial charge in [0.05, 0.1) is 7.11 Å². The van der Waals surface area contributed by atoms with E-state index in [0.29, 0.717) is 37.1 Å². The van der Waals surface area contributed by atoms with Crippen molar-refractivity contribution in [2.24, 2.45) is 5.92 Å². The van der Waals surface area contributed by atoms with E-state index in [1.165, 1.54) is 5.56 Å². The number of thiophene rings is 1. The summed E-state index contributed by atoms with van der Waals surface area (Å²) in [5, 5.41) is 11.1. The normalized spacial score (nSPS) is 16.4.